The zero-order valence-corrected chi connectivity index (χ0v) is 15.9. The number of hydrogen-bond donors (Lipinski definition) is 2. The number of aliphatic imine (C=N–C) groups is 1. The molecule has 1 fully saturated rings. The van der Waals surface area contributed by atoms with Crippen molar-refractivity contribution in [2.75, 3.05) is 39.0 Å². The summed E-state index contributed by atoms with van der Waals surface area (Å²) >= 11 is 0. The third-order valence-corrected chi connectivity index (χ3v) is 4.49. The summed E-state index contributed by atoms with van der Waals surface area (Å²) in [4.78, 5) is 6.85. The minimum Gasteiger partial charge on any atom is -0.378 e. The highest BCUT2D eigenvalue weighted by Crippen LogP contribution is 2.14. The van der Waals surface area contributed by atoms with Gasteiger partial charge in [-0.05, 0) is 40.5 Å². The van der Waals surface area contributed by atoms with Crippen LogP contribution in [-0.2, 0) is 14.8 Å². The van der Waals surface area contributed by atoms with Crippen LogP contribution in [0.3, 0.4) is 0 Å². The number of ether oxygens (including phenoxy) is 1. The minimum atomic E-state index is -3.25. The molecule has 0 spiro atoms. The Kier molecular flexibility index (Phi) is 7.76. The number of nitrogens with zero attached hydrogens (tertiary/aromatic N) is 2. The smallest absolute Gasteiger partial charge is 0.209 e. The molecule has 1 aliphatic heterocycles. The highest BCUT2D eigenvalue weighted by atomic mass is 32.2. The van der Waals surface area contributed by atoms with E-state index in [2.05, 4.69) is 19.9 Å². The summed E-state index contributed by atoms with van der Waals surface area (Å²) in [5.74, 6) is 0.839. The van der Waals surface area contributed by atoms with Gasteiger partial charge in [0.15, 0.2) is 5.96 Å². The maximum absolute atomic E-state index is 11.4. The fraction of sp³-hybridized carbons (Fsp3) is 0.933. The van der Waals surface area contributed by atoms with E-state index < -0.39 is 15.6 Å². The normalized spacial score (nSPS) is 18.3. The SMILES string of the molecule is CCNC(=NCC(C)(C)NS(C)(=O)=O)N1CCC(OCC)CC1. The van der Waals surface area contributed by atoms with Crippen LogP contribution in [0.5, 0.6) is 0 Å². The summed E-state index contributed by atoms with van der Waals surface area (Å²) in [6.45, 7) is 11.4. The first-order chi connectivity index (χ1) is 10.7. The van der Waals surface area contributed by atoms with Crippen molar-refractivity contribution in [3.8, 4) is 0 Å². The van der Waals surface area contributed by atoms with E-state index >= 15 is 0 Å². The van der Waals surface area contributed by atoms with Crippen molar-refractivity contribution >= 4 is 16.0 Å². The number of sulfonamides is 1. The van der Waals surface area contributed by atoms with E-state index in [0.717, 1.165) is 45.0 Å². The number of guanidine groups is 1. The molecule has 1 heterocycles. The summed E-state index contributed by atoms with van der Waals surface area (Å²) in [5, 5.41) is 3.29. The second-order valence-corrected chi connectivity index (χ2v) is 8.32. The van der Waals surface area contributed by atoms with Crippen molar-refractivity contribution in [3.63, 3.8) is 0 Å². The van der Waals surface area contributed by atoms with Crippen LogP contribution in [0.2, 0.25) is 0 Å². The maximum atomic E-state index is 11.4. The van der Waals surface area contributed by atoms with Gasteiger partial charge in [0, 0.05) is 31.8 Å². The molecule has 0 saturated carbocycles. The Morgan fingerprint density at radius 3 is 2.39 bits per heavy atom. The Morgan fingerprint density at radius 1 is 1.30 bits per heavy atom. The second kappa shape index (κ2) is 8.84. The van der Waals surface area contributed by atoms with E-state index in [4.69, 9.17) is 4.74 Å². The predicted octanol–water partition coefficient (Wildman–Crippen LogP) is 0.781. The molecule has 8 heteroatoms. The average molecular weight is 349 g/mol. The van der Waals surface area contributed by atoms with Gasteiger partial charge in [0.05, 0.1) is 18.9 Å². The predicted molar refractivity (Wildman–Crippen MR) is 94.3 cm³/mol. The first-order valence-electron chi connectivity index (χ1n) is 8.30. The lowest BCUT2D eigenvalue weighted by Gasteiger charge is -2.34. The molecule has 7 nitrogen and oxygen atoms in total. The molecule has 1 rings (SSSR count). The van der Waals surface area contributed by atoms with Gasteiger partial charge in [0.25, 0.3) is 0 Å². The van der Waals surface area contributed by atoms with Gasteiger partial charge in [-0.25, -0.2) is 13.1 Å². The van der Waals surface area contributed by atoms with E-state index in [-0.39, 0.29) is 0 Å². The van der Waals surface area contributed by atoms with Crippen molar-refractivity contribution in [2.45, 2.75) is 52.2 Å². The molecule has 0 unspecified atom stereocenters. The van der Waals surface area contributed by atoms with Gasteiger partial charge in [-0.2, -0.15) is 0 Å². The zero-order valence-electron chi connectivity index (χ0n) is 15.1. The van der Waals surface area contributed by atoms with Gasteiger partial charge in [-0.1, -0.05) is 0 Å². The highest BCUT2D eigenvalue weighted by molar-refractivity contribution is 7.88. The average Bonchev–Trinajstić information content (AvgIpc) is 2.42. The molecule has 136 valence electrons. The molecule has 0 aliphatic carbocycles. The molecule has 23 heavy (non-hydrogen) atoms. The molecular formula is C15H32N4O3S. The molecule has 0 amide bonds. The molecule has 0 radical (unpaired) electrons. The lowest BCUT2D eigenvalue weighted by molar-refractivity contribution is 0.0263. The number of rotatable bonds is 7. The molecular weight excluding hydrogens is 316 g/mol. The van der Waals surface area contributed by atoms with Crippen LogP contribution >= 0.6 is 0 Å². The van der Waals surface area contributed by atoms with Gasteiger partial charge in [0.1, 0.15) is 0 Å². The van der Waals surface area contributed by atoms with E-state index in [0.29, 0.717) is 12.6 Å². The Labute approximate surface area is 140 Å². The molecule has 0 atom stereocenters. The lowest BCUT2D eigenvalue weighted by atomic mass is 10.1. The van der Waals surface area contributed by atoms with Crippen molar-refractivity contribution in [3.05, 3.63) is 0 Å². The summed E-state index contributed by atoms with van der Waals surface area (Å²) in [6, 6.07) is 0. The molecule has 1 aliphatic rings. The molecule has 0 bridgehead atoms. The second-order valence-electron chi connectivity index (χ2n) is 6.57. The first-order valence-corrected chi connectivity index (χ1v) is 10.2. The number of nitrogens with one attached hydrogen (secondary N) is 2. The van der Waals surface area contributed by atoms with Crippen molar-refractivity contribution in [1.82, 2.24) is 14.9 Å². The molecule has 0 aromatic rings. The summed E-state index contributed by atoms with van der Waals surface area (Å²) in [7, 11) is -3.25. The standard InChI is InChI=1S/C15H32N4O3S/c1-6-16-14(17-12-15(3,4)18-23(5,20)21)19-10-8-13(9-11-19)22-7-2/h13,18H,6-12H2,1-5H3,(H,16,17). The topological polar surface area (TPSA) is 83.0 Å². The molecule has 2 N–H and O–H groups in total. The Morgan fingerprint density at radius 2 is 1.91 bits per heavy atom. The van der Waals surface area contributed by atoms with Gasteiger partial charge < -0.3 is 15.0 Å². The molecule has 1 saturated heterocycles. The quantitative estimate of drug-likeness (QED) is 0.525. The van der Waals surface area contributed by atoms with Crippen molar-refractivity contribution in [1.29, 1.82) is 0 Å². The van der Waals surface area contributed by atoms with E-state index in [1.807, 2.05) is 27.7 Å². The first kappa shape index (κ1) is 20.2. The summed E-state index contributed by atoms with van der Waals surface area (Å²) in [6.07, 6.45) is 3.48. The van der Waals surface area contributed by atoms with Crippen molar-refractivity contribution in [2.24, 2.45) is 4.99 Å². The van der Waals surface area contributed by atoms with E-state index in [1.54, 1.807) is 0 Å². The van der Waals surface area contributed by atoms with Gasteiger partial charge in [-0.15, -0.1) is 0 Å². The number of hydrogen-bond acceptors (Lipinski definition) is 4. The van der Waals surface area contributed by atoms with Crippen LogP contribution in [0.4, 0.5) is 0 Å². The van der Waals surface area contributed by atoms with Crippen molar-refractivity contribution < 1.29 is 13.2 Å². The third-order valence-electron chi connectivity index (χ3n) is 3.56. The number of piperidine rings is 1. The summed E-state index contributed by atoms with van der Waals surface area (Å²) in [5.41, 5.74) is -0.613. The van der Waals surface area contributed by atoms with Gasteiger partial charge >= 0.3 is 0 Å². The lowest BCUT2D eigenvalue weighted by Crippen LogP contribution is -2.49. The van der Waals surface area contributed by atoms with Crippen LogP contribution in [0, 0.1) is 0 Å². The number of likely N-dealkylation sites (tertiary alicyclic amines) is 1. The van der Waals surface area contributed by atoms with E-state index in [9.17, 15) is 8.42 Å². The van der Waals surface area contributed by atoms with Crippen LogP contribution in [0.25, 0.3) is 0 Å². The zero-order chi connectivity index (χ0) is 17.5. The highest BCUT2D eigenvalue weighted by Gasteiger charge is 2.24. The fourth-order valence-electron chi connectivity index (χ4n) is 2.70. The molecule has 0 aromatic heterocycles. The molecule has 0 aromatic carbocycles. The maximum Gasteiger partial charge on any atom is 0.209 e. The fourth-order valence-corrected chi connectivity index (χ4v) is 3.77. The summed E-state index contributed by atoms with van der Waals surface area (Å²) < 4.78 is 31.1. The van der Waals surface area contributed by atoms with Gasteiger partial charge in [-0.3, -0.25) is 4.99 Å². The Hall–Kier alpha value is -0.860. The largest absolute Gasteiger partial charge is 0.378 e. The van der Waals surface area contributed by atoms with Crippen LogP contribution in [0.15, 0.2) is 4.99 Å². The van der Waals surface area contributed by atoms with Crippen LogP contribution in [0.1, 0.15) is 40.5 Å². The van der Waals surface area contributed by atoms with E-state index in [1.165, 1.54) is 6.26 Å². The minimum absolute atomic E-state index is 0.336. The van der Waals surface area contributed by atoms with Gasteiger partial charge in [0.2, 0.25) is 10.0 Å². The van der Waals surface area contributed by atoms with Crippen LogP contribution in [-0.4, -0.2) is 70.0 Å². The monoisotopic (exact) mass is 348 g/mol. The Balaban J connectivity index is 2.67. The van der Waals surface area contributed by atoms with Crippen LogP contribution < -0.4 is 10.0 Å². The third kappa shape index (κ3) is 7.99. The Bertz CT molecular complexity index is 483.